The van der Waals surface area contributed by atoms with Crippen molar-refractivity contribution in [2.75, 3.05) is 33.4 Å². The highest BCUT2D eigenvalue weighted by molar-refractivity contribution is 7.89. The van der Waals surface area contributed by atoms with Gasteiger partial charge in [-0.25, -0.2) is 8.42 Å². The van der Waals surface area contributed by atoms with E-state index in [-0.39, 0.29) is 4.90 Å². The predicted molar refractivity (Wildman–Crippen MR) is 85.0 cm³/mol. The van der Waals surface area contributed by atoms with E-state index >= 15 is 0 Å². The zero-order valence-corrected chi connectivity index (χ0v) is 14.4. The van der Waals surface area contributed by atoms with E-state index in [2.05, 4.69) is 0 Å². The fourth-order valence-electron chi connectivity index (χ4n) is 3.10. The molecule has 6 nitrogen and oxygen atoms in total. The molecule has 3 rings (SSSR count). The maximum absolute atomic E-state index is 13.0. The molecule has 0 saturated carbocycles. The van der Waals surface area contributed by atoms with Crippen molar-refractivity contribution in [3.05, 3.63) is 23.8 Å². The van der Waals surface area contributed by atoms with E-state index < -0.39 is 15.8 Å². The maximum atomic E-state index is 13.0. The molecular weight excluding hydrogens is 318 g/mol. The van der Waals surface area contributed by atoms with Crippen LogP contribution in [0.4, 0.5) is 0 Å². The minimum absolute atomic E-state index is 0.224. The van der Waals surface area contributed by atoms with Crippen molar-refractivity contribution < 1.29 is 22.6 Å². The third kappa shape index (κ3) is 3.24. The number of ether oxygens (including phenoxy) is 3. The molecule has 1 spiro atoms. The predicted octanol–water partition coefficient (Wildman–Crippen LogP) is 1.92. The average Bonchev–Trinajstić information content (AvgIpc) is 2.56. The summed E-state index contributed by atoms with van der Waals surface area (Å²) in [5, 5.41) is 0. The van der Waals surface area contributed by atoms with Crippen LogP contribution < -0.4 is 4.74 Å². The van der Waals surface area contributed by atoms with Gasteiger partial charge in [-0.15, -0.1) is 0 Å². The number of benzene rings is 1. The number of piperidine rings is 1. The van der Waals surface area contributed by atoms with Crippen molar-refractivity contribution in [1.29, 1.82) is 0 Å². The second-order valence-corrected chi connectivity index (χ2v) is 7.93. The van der Waals surface area contributed by atoms with Crippen LogP contribution in [0.2, 0.25) is 0 Å². The smallest absolute Gasteiger partial charge is 0.246 e. The number of hydrogen-bond acceptors (Lipinski definition) is 5. The standard InChI is InChI=1S/C16H23NO5S/c1-13-4-5-14(20-2)15(12-13)23(18,19)17-8-6-16(7-9-17)21-10-3-11-22-16/h4-5,12H,3,6-11H2,1-2H3. The van der Waals surface area contributed by atoms with E-state index in [1.54, 1.807) is 12.1 Å². The lowest BCUT2D eigenvalue weighted by Crippen LogP contribution is -2.51. The summed E-state index contributed by atoms with van der Waals surface area (Å²) in [7, 11) is -2.10. The Morgan fingerprint density at radius 2 is 1.83 bits per heavy atom. The minimum atomic E-state index is -3.59. The van der Waals surface area contributed by atoms with Gasteiger partial charge in [-0.05, 0) is 31.0 Å². The molecule has 1 aromatic rings. The number of hydrogen-bond donors (Lipinski definition) is 0. The summed E-state index contributed by atoms with van der Waals surface area (Å²) in [4.78, 5) is 0.224. The monoisotopic (exact) mass is 341 g/mol. The Morgan fingerprint density at radius 1 is 1.17 bits per heavy atom. The van der Waals surface area contributed by atoms with Crippen molar-refractivity contribution in [2.45, 2.75) is 36.9 Å². The van der Waals surface area contributed by atoms with E-state index in [9.17, 15) is 8.42 Å². The molecule has 0 aromatic heterocycles. The first-order valence-electron chi connectivity index (χ1n) is 7.90. The summed E-state index contributed by atoms with van der Waals surface area (Å²) in [5.74, 6) is -0.220. The highest BCUT2D eigenvalue weighted by atomic mass is 32.2. The van der Waals surface area contributed by atoms with E-state index in [0.29, 0.717) is 44.9 Å². The van der Waals surface area contributed by atoms with Gasteiger partial charge in [0.25, 0.3) is 0 Å². The molecule has 2 fully saturated rings. The summed E-state index contributed by atoms with van der Waals surface area (Å²) >= 11 is 0. The minimum Gasteiger partial charge on any atom is -0.495 e. The number of methoxy groups -OCH3 is 1. The van der Waals surface area contributed by atoms with Crippen LogP contribution >= 0.6 is 0 Å². The third-order valence-corrected chi connectivity index (χ3v) is 6.36. The highest BCUT2D eigenvalue weighted by Gasteiger charge is 2.42. The van der Waals surface area contributed by atoms with E-state index in [1.807, 2.05) is 13.0 Å². The summed E-state index contributed by atoms with van der Waals surface area (Å²) in [6, 6.07) is 5.19. The number of rotatable bonds is 3. The lowest BCUT2D eigenvalue weighted by Gasteiger charge is -2.42. The van der Waals surface area contributed by atoms with Crippen LogP contribution in [0.5, 0.6) is 5.75 Å². The fraction of sp³-hybridized carbons (Fsp3) is 0.625. The average molecular weight is 341 g/mol. The Kier molecular flexibility index (Phi) is 4.64. The van der Waals surface area contributed by atoms with Gasteiger partial charge in [0.1, 0.15) is 10.6 Å². The molecule has 23 heavy (non-hydrogen) atoms. The van der Waals surface area contributed by atoms with Gasteiger partial charge in [-0.3, -0.25) is 0 Å². The molecular formula is C16H23NO5S. The van der Waals surface area contributed by atoms with Crippen LogP contribution in [-0.2, 0) is 19.5 Å². The van der Waals surface area contributed by atoms with Crippen molar-refractivity contribution in [1.82, 2.24) is 4.31 Å². The molecule has 0 unspecified atom stereocenters. The van der Waals surface area contributed by atoms with E-state index in [4.69, 9.17) is 14.2 Å². The zero-order valence-electron chi connectivity index (χ0n) is 13.6. The Hall–Kier alpha value is -1.15. The molecule has 0 atom stereocenters. The zero-order chi connectivity index (χ0) is 16.5. The highest BCUT2D eigenvalue weighted by Crippen LogP contribution is 2.35. The lowest BCUT2D eigenvalue weighted by molar-refractivity contribution is -0.280. The first-order valence-corrected chi connectivity index (χ1v) is 9.34. The quantitative estimate of drug-likeness (QED) is 0.840. The van der Waals surface area contributed by atoms with Gasteiger partial charge in [0.15, 0.2) is 5.79 Å². The van der Waals surface area contributed by atoms with Crippen LogP contribution in [-0.4, -0.2) is 51.9 Å². The first-order chi connectivity index (χ1) is 11.0. The Morgan fingerprint density at radius 3 is 2.43 bits per heavy atom. The van der Waals surface area contributed by atoms with E-state index in [0.717, 1.165) is 12.0 Å². The largest absolute Gasteiger partial charge is 0.495 e. The SMILES string of the molecule is COc1ccc(C)cc1S(=O)(=O)N1CCC2(CC1)OCCCO2. The van der Waals surface area contributed by atoms with E-state index in [1.165, 1.54) is 11.4 Å². The molecule has 2 aliphatic rings. The molecule has 0 aliphatic carbocycles. The summed E-state index contributed by atoms with van der Waals surface area (Å²) < 4.78 is 44.2. The summed E-state index contributed by atoms with van der Waals surface area (Å²) in [5.41, 5.74) is 0.886. The Bertz CT molecular complexity index is 657. The third-order valence-electron chi connectivity index (χ3n) is 4.44. The molecule has 2 aliphatic heterocycles. The molecule has 0 amide bonds. The number of sulfonamides is 1. The van der Waals surface area contributed by atoms with Gasteiger partial charge >= 0.3 is 0 Å². The van der Waals surface area contributed by atoms with Gasteiger partial charge in [-0.1, -0.05) is 6.07 Å². The second kappa shape index (κ2) is 6.39. The van der Waals surface area contributed by atoms with Crippen LogP contribution in [0.1, 0.15) is 24.8 Å². The molecule has 2 heterocycles. The Labute approximate surface area is 137 Å². The molecule has 0 radical (unpaired) electrons. The molecule has 7 heteroatoms. The second-order valence-electron chi connectivity index (χ2n) is 6.02. The first kappa shape index (κ1) is 16.7. The van der Waals surface area contributed by atoms with Gasteiger partial charge in [0.2, 0.25) is 10.0 Å². The van der Waals surface area contributed by atoms with Crippen LogP contribution in [0, 0.1) is 6.92 Å². The molecule has 1 aromatic carbocycles. The summed E-state index contributed by atoms with van der Waals surface area (Å²) in [6.45, 7) is 4.00. The maximum Gasteiger partial charge on any atom is 0.246 e. The van der Waals surface area contributed by atoms with Crippen LogP contribution in [0.25, 0.3) is 0 Å². The normalized spacial score (nSPS) is 22.2. The molecule has 0 bridgehead atoms. The molecule has 128 valence electrons. The number of nitrogens with zero attached hydrogens (tertiary/aromatic N) is 1. The van der Waals surface area contributed by atoms with Crippen molar-refractivity contribution >= 4 is 10.0 Å². The van der Waals surface area contributed by atoms with Crippen molar-refractivity contribution in [3.63, 3.8) is 0 Å². The number of aryl methyl sites for hydroxylation is 1. The van der Waals surface area contributed by atoms with Crippen molar-refractivity contribution in [3.8, 4) is 5.75 Å². The van der Waals surface area contributed by atoms with Gasteiger partial charge in [0.05, 0.1) is 20.3 Å². The van der Waals surface area contributed by atoms with Gasteiger partial charge in [-0.2, -0.15) is 4.31 Å². The molecule has 0 N–H and O–H groups in total. The fourth-order valence-corrected chi connectivity index (χ4v) is 4.78. The molecule has 2 saturated heterocycles. The van der Waals surface area contributed by atoms with Crippen LogP contribution in [0.15, 0.2) is 23.1 Å². The van der Waals surface area contributed by atoms with Crippen LogP contribution in [0.3, 0.4) is 0 Å². The lowest BCUT2D eigenvalue weighted by atomic mass is 10.0. The van der Waals surface area contributed by atoms with Crippen molar-refractivity contribution in [2.24, 2.45) is 0 Å². The topological polar surface area (TPSA) is 65.1 Å². The van der Waals surface area contributed by atoms with Gasteiger partial charge < -0.3 is 14.2 Å². The Balaban J connectivity index is 1.80. The summed E-state index contributed by atoms with van der Waals surface area (Å²) in [6.07, 6.45) is 2.00. The van der Waals surface area contributed by atoms with Gasteiger partial charge in [0, 0.05) is 25.9 Å².